The average Bonchev–Trinajstić information content (AvgIpc) is 3.01. The number of allylic oxidation sites excluding steroid dienone is 1. The molecule has 2 N–H and O–H groups in total. The SMILES string of the molecule is Nc1ncnc2c1SC1=NC3=C(C(=O)CCC3)C(c3ccc(F)cc3)N12. The number of amidine groups is 1. The molecule has 130 valence electrons. The van der Waals surface area contributed by atoms with E-state index in [0.717, 1.165) is 34.2 Å². The maximum Gasteiger partial charge on any atom is 0.175 e. The van der Waals surface area contributed by atoms with Crippen LogP contribution < -0.4 is 10.6 Å². The lowest BCUT2D eigenvalue weighted by Gasteiger charge is -2.36. The maximum absolute atomic E-state index is 13.5. The molecule has 0 spiro atoms. The summed E-state index contributed by atoms with van der Waals surface area (Å²) in [5.41, 5.74) is 8.34. The first kappa shape index (κ1) is 15.5. The Labute approximate surface area is 153 Å². The Morgan fingerprint density at radius 3 is 2.81 bits per heavy atom. The Balaban J connectivity index is 1.74. The van der Waals surface area contributed by atoms with Crippen LogP contribution in [0.4, 0.5) is 16.0 Å². The number of fused-ring (bicyclic) bond motifs is 3. The number of anilines is 2. The molecule has 0 amide bonds. The second-order valence-corrected chi connectivity index (χ2v) is 7.35. The van der Waals surface area contributed by atoms with Gasteiger partial charge in [0, 0.05) is 12.0 Å². The summed E-state index contributed by atoms with van der Waals surface area (Å²) in [6.07, 6.45) is 3.46. The highest BCUT2D eigenvalue weighted by Gasteiger charge is 2.44. The molecule has 1 atom stereocenters. The van der Waals surface area contributed by atoms with Gasteiger partial charge in [0.15, 0.2) is 16.8 Å². The number of Topliss-reactive ketones (excluding diaryl/α,β-unsaturated/α-hetero) is 1. The molecule has 2 aromatic rings. The van der Waals surface area contributed by atoms with Crippen molar-refractivity contribution in [3.8, 4) is 0 Å². The third-order valence-corrected chi connectivity index (χ3v) is 5.88. The van der Waals surface area contributed by atoms with Crippen LogP contribution in [0.1, 0.15) is 30.9 Å². The summed E-state index contributed by atoms with van der Waals surface area (Å²) in [5, 5.41) is 0.731. The number of carbonyl (C=O) groups excluding carboxylic acids is 1. The number of hydrogen-bond acceptors (Lipinski definition) is 7. The molecule has 8 heteroatoms. The van der Waals surface area contributed by atoms with Crippen molar-refractivity contribution in [3.63, 3.8) is 0 Å². The molecule has 1 aromatic carbocycles. The highest BCUT2D eigenvalue weighted by Crippen LogP contribution is 2.51. The van der Waals surface area contributed by atoms with Gasteiger partial charge in [-0.05, 0) is 42.3 Å². The molecule has 0 saturated carbocycles. The normalized spacial score (nSPS) is 21.3. The molecule has 1 aliphatic carbocycles. The van der Waals surface area contributed by atoms with Gasteiger partial charge < -0.3 is 5.73 Å². The number of ketones is 1. The van der Waals surface area contributed by atoms with Gasteiger partial charge >= 0.3 is 0 Å². The van der Waals surface area contributed by atoms with Crippen LogP contribution in [0.25, 0.3) is 0 Å². The number of benzene rings is 1. The molecular formula is C18H14FN5OS. The number of thioether (sulfide) groups is 1. The van der Waals surface area contributed by atoms with Gasteiger partial charge in [-0.3, -0.25) is 9.69 Å². The predicted octanol–water partition coefficient (Wildman–Crippen LogP) is 3.23. The highest BCUT2D eigenvalue weighted by atomic mass is 32.2. The molecule has 3 heterocycles. The predicted molar refractivity (Wildman–Crippen MR) is 97.2 cm³/mol. The molecule has 26 heavy (non-hydrogen) atoms. The van der Waals surface area contributed by atoms with Crippen molar-refractivity contribution in [1.82, 2.24) is 9.97 Å². The molecule has 6 nitrogen and oxygen atoms in total. The molecular weight excluding hydrogens is 353 g/mol. The summed E-state index contributed by atoms with van der Waals surface area (Å²) in [5.74, 6) is 0.800. The summed E-state index contributed by atoms with van der Waals surface area (Å²) >= 11 is 1.41. The van der Waals surface area contributed by atoms with Crippen molar-refractivity contribution in [2.45, 2.75) is 30.2 Å². The number of carbonyl (C=O) groups is 1. The van der Waals surface area contributed by atoms with E-state index in [9.17, 15) is 9.18 Å². The molecule has 1 aromatic heterocycles. The first-order chi connectivity index (χ1) is 12.6. The fourth-order valence-electron chi connectivity index (χ4n) is 3.67. The van der Waals surface area contributed by atoms with E-state index in [0.29, 0.717) is 23.6 Å². The number of aromatic nitrogens is 2. The van der Waals surface area contributed by atoms with Crippen LogP contribution in [0.15, 0.2) is 51.8 Å². The van der Waals surface area contributed by atoms with Crippen LogP contribution in [0, 0.1) is 5.82 Å². The summed E-state index contributed by atoms with van der Waals surface area (Å²) in [7, 11) is 0. The Morgan fingerprint density at radius 2 is 2.00 bits per heavy atom. The van der Waals surface area contributed by atoms with Crippen LogP contribution in [0.5, 0.6) is 0 Å². The van der Waals surface area contributed by atoms with Crippen LogP contribution in [0.2, 0.25) is 0 Å². The van der Waals surface area contributed by atoms with Gasteiger partial charge in [0.2, 0.25) is 0 Å². The maximum atomic E-state index is 13.5. The molecule has 1 unspecified atom stereocenters. The van der Waals surface area contributed by atoms with Crippen LogP contribution in [-0.4, -0.2) is 20.9 Å². The van der Waals surface area contributed by atoms with Gasteiger partial charge in [0.25, 0.3) is 0 Å². The monoisotopic (exact) mass is 367 g/mol. The molecule has 2 aliphatic heterocycles. The highest BCUT2D eigenvalue weighted by molar-refractivity contribution is 8.15. The summed E-state index contributed by atoms with van der Waals surface area (Å²) in [4.78, 5) is 28.6. The molecule has 0 radical (unpaired) electrons. The van der Waals surface area contributed by atoms with E-state index in [1.165, 1.54) is 30.2 Å². The Kier molecular flexibility index (Phi) is 3.36. The number of nitrogens with zero attached hydrogens (tertiary/aromatic N) is 4. The number of aliphatic imine (C=N–C) groups is 1. The number of halogens is 1. The Morgan fingerprint density at radius 1 is 1.19 bits per heavy atom. The zero-order valence-electron chi connectivity index (χ0n) is 13.6. The summed E-state index contributed by atoms with van der Waals surface area (Å²) in [6, 6.07) is 5.86. The number of nitrogen functional groups attached to an aromatic ring is 1. The molecule has 0 fully saturated rings. The minimum absolute atomic E-state index is 0.0869. The van der Waals surface area contributed by atoms with Crippen LogP contribution in [0.3, 0.4) is 0 Å². The van der Waals surface area contributed by atoms with E-state index in [1.54, 1.807) is 12.1 Å². The summed E-state index contributed by atoms with van der Waals surface area (Å²) < 4.78 is 13.5. The quantitative estimate of drug-likeness (QED) is 0.833. The van der Waals surface area contributed by atoms with Crippen molar-refractivity contribution >= 4 is 34.3 Å². The van der Waals surface area contributed by atoms with E-state index in [-0.39, 0.29) is 17.6 Å². The average molecular weight is 367 g/mol. The number of hydrogen-bond donors (Lipinski definition) is 1. The fraction of sp³-hybridized carbons (Fsp3) is 0.222. The molecule has 0 saturated heterocycles. The van der Waals surface area contributed by atoms with E-state index in [1.807, 2.05) is 4.90 Å². The van der Waals surface area contributed by atoms with Crippen molar-refractivity contribution in [3.05, 3.63) is 53.2 Å². The van der Waals surface area contributed by atoms with Crippen LogP contribution in [-0.2, 0) is 4.79 Å². The summed E-state index contributed by atoms with van der Waals surface area (Å²) in [6.45, 7) is 0. The lowest BCUT2D eigenvalue weighted by molar-refractivity contribution is -0.116. The van der Waals surface area contributed by atoms with Gasteiger partial charge in [0.1, 0.15) is 22.9 Å². The van der Waals surface area contributed by atoms with Gasteiger partial charge in [-0.15, -0.1) is 0 Å². The van der Waals surface area contributed by atoms with Crippen molar-refractivity contribution < 1.29 is 9.18 Å². The standard InChI is InChI=1S/C18H14FN5OS/c19-10-6-4-9(5-7-10)14-13-11(2-1-3-12(13)25)23-18-24(14)17-15(26-18)16(20)21-8-22-17/h4-8,14H,1-3H2,(H2,20,21,22). The number of rotatable bonds is 1. The van der Waals surface area contributed by atoms with Gasteiger partial charge in [0.05, 0.1) is 11.7 Å². The minimum atomic E-state index is -0.381. The fourth-order valence-corrected chi connectivity index (χ4v) is 4.69. The largest absolute Gasteiger partial charge is 0.383 e. The van der Waals surface area contributed by atoms with E-state index in [2.05, 4.69) is 9.97 Å². The second kappa shape index (κ2) is 5.63. The minimum Gasteiger partial charge on any atom is -0.383 e. The first-order valence-electron chi connectivity index (χ1n) is 8.31. The molecule has 0 bridgehead atoms. The smallest absolute Gasteiger partial charge is 0.175 e. The van der Waals surface area contributed by atoms with Gasteiger partial charge in [-0.25, -0.2) is 19.4 Å². The third kappa shape index (κ3) is 2.18. The van der Waals surface area contributed by atoms with E-state index in [4.69, 9.17) is 10.7 Å². The van der Waals surface area contributed by atoms with Crippen molar-refractivity contribution in [2.24, 2.45) is 4.99 Å². The van der Waals surface area contributed by atoms with Crippen molar-refractivity contribution in [1.29, 1.82) is 0 Å². The van der Waals surface area contributed by atoms with Gasteiger partial charge in [-0.2, -0.15) is 0 Å². The lowest BCUT2D eigenvalue weighted by atomic mass is 9.85. The molecule has 5 rings (SSSR count). The first-order valence-corrected chi connectivity index (χ1v) is 9.13. The lowest BCUT2D eigenvalue weighted by Crippen LogP contribution is -2.38. The van der Waals surface area contributed by atoms with E-state index < -0.39 is 0 Å². The van der Waals surface area contributed by atoms with Crippen LogP contribution >= 0.6 is 11.8 Å². The van der Waals surface area contributed by atoms with Crippen molar-refractivity contribution in [2.75, 3.05) is 10.6 Å². The third-order valence-electron chi connectivity index (χ3n) is 4.82. The zero-order valence-corrected chi connectivity index (χ0v) is 14.5. The Bertz CT molecular complexity index is 1000. The zero-order chi connectivity index (χ0) is 17.8. The molecule has 3 aliphatic rings. The second-order valence-electron chi connectivity index (χ2n) is 6.37. The Hall–Kier alpha value is -2.74. The van der Waals surface area contributed by atoms with E-state index >= 15 is 0 Å². The topological polar surface area (TPSA) is 84.5 Å². The van der Waals surface area contributed by atoms with Gasteiger partial charge in [-0.1, -0.05) is 12.1 Å². The number of nitrogens with two attached hydrogens (primary N) is 1.